The van der Waals surface area contributed by atoms with Crippen LogP contribution in [0, 0.1) is 6.92 Å². The Hall–Kier alpha value is -3.94. The van der Waals surface area contributed by atoms with E-state index in [1.165, 1.54) is 6.92 Å². The van der Waals surface area contributed by atoms with E-state index < -0.39 is 5.60 Å². The molecule has 0 amide bonds. The summed E-state index contributed by atoms with van der Waals surface area (Å²) < 4.78 is 7.27. The van der Waals surface area contributed by atoms with Gasteiger partial charge >= 0.3 is 5.97 Å². The molecule has 2 aromatic heterocycles. The zero-order valence-corrected chi connectivity index (χ0v) is 21.3. The molecular formula is C27H31N5O3. The molecule has 182 valence electrons. The molecule has 0 spiro atoms. The average Bonchev–Trinajstić information content (AvgIpc) is 3.13. The molecule has 8 heteroatoms. The van der Waals surface area contributed by atoms with Gasteiger partial charge in [-0.15, -0.1) is 0 Å². The van der Waals surface area contributed by atoms with Crippen LogP contribution in [0.5, 0.6) is 0 Å². The van der Waals surface area contributed by atoms with Crippen LogP contribution in [0.25, 0.3) is 27.6 Å². The Morgan fingerprint density at radius 2 is 1.77 bits per heavy atom. The molecule has 3 aromatic rings. The van der Waals surface area contributed by atoms with Crippen LogP contribution in [0.15, 0.2) is 46.9 Å². The van der Waals surface area contributed by atoms with Gasteiger partial charge in [-0.2, -0.15) is 0 Å². The Kier molecular flexibility index (Phi) is 7.43. The number of aliphatic imine (C=N–C) groups is 2. The number of ketones is 1. The van der Waals surface area contributed by atoms with E-state index in [2.05, 4.69) is 26.7 Å². The average molecular weight is 474 g/mol. The minimum atomic E-state index is -0.609. The van der Waals surface area contributed by atoms with Crippen LogP contribution in [-0.4, -0.2) is 44.4 Å². The molecule has 0 radical (unpaired) electrons. The third kappa shape index (κ3) is 6.15. The topological polar surface area (TPSA) is 98.8 Å². The fourth-order valence-electron chi connectivity index (χ4n) is 3.66. The minimum absolute atomic E-state index is 0.0203. The fourth-order valence-corrected chi connectivity index (χ4v) is 3.66. The van der Waals surface area contributed by atoms with Gasteiger partial charge in [-0.25, -0.2) is 20.0 Å². The number of ether oxygens (including phenoxy) is 1. The molecule has 0 saturated carbocycles. The summed E-state index contributed by atoms with van der Waals surface area (Å²) in [5.41, 5.74) is 4.03. The van der Waals surface area contributed by atoms with Crippen molar-refractivity contribution in [2.24, 2.45) is 9.98 Å². The molecule has 8 nitrogen and oxygen atoms in total. The second-order valence-corrected chi connectivity index (χ2v) is 9.39. The molecule has 0 saturated heterocycles. The number of fused-ring (bicyclic) bond motifs is 1. The monoisotopic (exact) mass is 473 g/mol. The highest BCUT2D eigenvalue weighted by molar-refractivity contribution is 6.09. The maximum atomic E-state index is 12.6. The predicted molar refractivity (Wildman–Crippen MR) is 140 cm³/mol. The fraction of sp³-hybridized carbons (Fsp3) is 0.333. The maximum Gasteiger partial charge on any atom is 0.326 e. The summed E-state index contributed by atoms with van der Waals surface area (Å²) in [4.78, 5) is 42.0. The highest BCUT2D eigenvalue weighted by Crippen LogP contribution is 2.35. The summed E-state index contributed by atoms with van der Waals surface area (Å²) in [5.74, 6) is 0.722. The van der Waals surface area contributed by atoms with Crippen molar-refractivity contribution >= 4 is 40.8 Å². The first kappa shape index (κ1) is 25.7. The Labute approximate surface area is 205 Å². The Morgan fingerprint density at radius 3 is 2.34 bits per heavy atom. The van der Waals surface area contributed by atoms with E-state index in [0.29, 0.717) is 17.2 Å². The first-order valence-electron chi connectivity index (χ1n) is 11.3. The standard InChI is InChI=1S/C27H31N5O3/c1-16(11-29-18(3)28-8)21-9-23-24(17(2)33)14-32(15-26(34)35-27(5,6)7)25(23)10-22(21)20-12-30-19(4)31-13-20/h9-14H,8,15H2,1-7H3/b16-11+,29-18?. The van der Waals surface area contributed by atoms with Crippen molar-refractivity contribution in [2.75, 3.05) is 0 Å². The molecule has 0 aliphatic heterocycles. The summed E-state index contributed by atoms with van der Waals surface area (Å²) in [5, 5.41) is 0.739. The van der Waals surface area contributed by atoms with Crippen LogP contribution in [0.3, 0.4) is 0 Å². The van der Waals surface area contributed by atoms with Gasteiger partial charge in [0.05, 0.1) is 0 Å². The molecule has 0 bridgehead atoms. The number of nitrogens with zero attached hydrogens (tertiary/aromatic N) is 5. The summed E-state index contributed by atoms with van der Waals surface area (Å²) >= 11 is 0. The Morgan fingerprint density at radius 1 is 1.11 bits per heavy atom. The molecule has 1 aromatic carbocycles. The normalized spacial score (nSPS) is 12.7. The number of carbonyl (C=O) groups is 2. The number of benzene rings is 1. The third-order valence-electron chi connectivity index (χ3n) is 5.31. The second-order valence-electron chi connectivity index (χ2n) is 9.39. The van der Waals surface area contributed by atoms with Crippen LogP contribution >= 0.6 is 0 Å². The third-order valence-corrected chi connectivity index (χ3v) is 5.31. The molecule has 0 N–H and O–H groups in total. The van der Waals surface area contributed by atoms with E-state index >= 15 is 0 Å². The minimum Gasteiger partial charge on any atom is -0.459 e. The summed E-state index contributed by atoms with van der Waals surface area (Å²) in [6, 6.07) is 3.90. The van der Waals surface area contributed by atoms with Gasteiger partial charge in [-0.3, -0.25) is 9.59 Å². The van der Waals surface area contributed by atoms with Crippen molar-refractivity contribution in [3.63, 3.8) is 0 Å². The van der Waals surface area contributed by atoms with E-state index in [1.807, 2.05) is 46.8 Å². The molecule has 0 fully saturated rings. The van der Waals surface area contributed by atoms with Crippen molar-refractivity contribution in [2.45, 2.75) is 60.6 Å². The highest BCUT2D eigenvalue weighted by Gasteiger charge is 2.21. The first-order chi connectivity index (χ1) is 16.4. The number of esters is 1. The summed E-state index contributed by atoms with van der Waals surface area (Å²) in [6.45, 7) is 16.0. The lowest BCUT2D eigenvalue weighted by molar-refractivity contribution is -0.155. The molecule has 0 unspecified atom stereocenters. The van der Waals surface area contributed by atoms with Crippen molar-refractivity contribution < 1.29 is 14.3 Å². The van der Waals surface area contributed by atoms with Gasteiger partial charge in [-0.1, -0.05) is 0 Å². The number of allylic oxidation sites excluding steroid dienone is 1. The number of aromatic nitrogens is 3. The second kappa shape index (κ2) is 10.1. The van der Waals surface area contributed by atoms with Crippen molar-refractivity contribution in [1.29, 1.82) is 0 Å². The molecular weight excluding hydrogens is 442 g/mol. The first-order valence-corrected chi connectivity index (χ1v) is 11.3. The van der Waals surface area contributed by atoms with Gasteiger partial charge in [0, 0.05) is 46.8 Å². The lowest BCUT2D eigenvalue weighted by Crippen LogP contribution is -2.26. The number of carbonyl (C=O) groups excluding carboxylic acids is 2. The van der Waals surface area contributed by atoms with Gasteiger partial charge in [0.1, 0.15) is 23.8 Å². The quantitative estimate of drug-likeness (QED) is 0.206. The van der Waals surface area contributed by atoms with E-state index in [1.54, 1.807) is 36.3 Å². The lowest BCUT2D eigenvalue weighted by Gasteiger charge is -2.20. The molecule has 3 rings (SSSR count). The van der Waals surface area contributed by atoms with E-state index in [9.17, 15) is 9.59 Å². The summed E-state index contributed by atoms with van der Waals surface area (Å²) in [7, 11) is 0. The van der Waals surface area contributed by atoms with Crippen molar-refractivity contribution in [1.82, 2.24) is 14.5 Å². The number of Topliss-reactive ketones (excluding diaryl/α,β-unsaturated/α-hetero) is 1. The molecule has 2 heterocycles. The van der Waals surface area contributed by atoms with Crippen molar-refractivity contribution in [3.05, 3.63) is 53.9 Å². The van der Waals surface area contributed by atoms with Crippen LogP contribution in [0.2, 0.25) is 0 Å². The zero-order valence-electron chi connectivity index (χ0n) is 21.3. The molecule has 0 atom stereocenters. The number of amidine groups is 1. The lowest BCUT2D eigenvalue weighted by atomic mass is 9.94. The van der Waals surface area contributed by atoms with Gasteiger partial charge in [0.15, 0.2) is 5.78 Å². The van der Waals surface area contributed by atoms with Gasteiger partial charge in [0.2, 0.25) is 0 Å². The molecule has 35 heavy (non-hydrogen) atoms. The maximum absolute atomic E-state index is 12.6. The van der Waals surface area contributed by atoms with Gasteiger partial charge < -0.3 is 9.30 Å². The number of hydrogen-bond donors (Lipinski definition) is 0. The zero-order chi connectivity index (χ0) is 25.9. The van der Waals surface area contributed by atoms with E-state index in [0.717, 1.165) is 33.2 Å². The van der Waals surface area contributed by atoms with E-state index in [-0.39, 0.29) is 18.3 Å². The number of rotatable bonds is 6. The molecule has 0 aliphatic carbocycles. The van der Waals surface area contributed by atoms with Crippen LogP contribution in [-0.2, 0) is 16.1 Å². The van der Waals surface area contributed by atoms with Crippen LogP contribution < -0.4 is 0 Å². The number of hydrogen-bond acceptors (Lipinski definition) is 6. The van der Waals surface area contributed by atoms with Gasteiger partial charge in [0.25, 0.3) is 0 Å². The van der Waals surface area contributed by atoms with Gasteiger partial charge in [-0.05, 0) is 84.0 Å². The van der Waals surface area contributed by atoms with E-state index in [4.69, 9.17) is 4.74 Å². The Bertz CT molecular complexity index is 1360. The largest absolute Gasteiger partial charge is 0.459 e. The summed E-state index contributed by atoms with van der Waals surface area (Å²) in [6.07, 6.45) is 6.94. The predicted octanol–water partition coefficient (Wildman–Crippen LogP) is 5.43. The number of aryl methyl sites for hydroxylation is 1. The van der Waals surface area contributed by atoms with Crippen LogP contribution in [0.1, 0.15) is 63.3 Å². The smallest absolute Gasteiger partial charge is 0.326 e. The highest BCUT2D eigenvalue weighted by atomic mass is 16.6. The SMILES string of the molecule is C=NC(C)=N/C=C(\C)c1cc2c(C(C)=O)cn(CC(=O)OC(C)(C)C)c2cc1-c1cnc(C)nc1. The molecule has 0 aliphatic rings. The van der Waals surface area contributed by atoms with Crippen molar-refractivity contribution in [3.8, 4) is 11.1 Å². The van der Waals surface area contributed by atoms with Crippen LogP contribution in [0.4, 0.5) is 0 Å². The Balaban J connectivity index is 2.28.